The number of nitrogens with one attached hydrogen (secondary N) is 1. The maximum absolute atomic E-state index is 3.55. The van der Waals surface area contributed by atoms with Crippen molar-refractivity contribution in [3.8, 4) is 0 Å². The monoisotopic (exact) mass is 132 g/mol. The maximum Gasteiger partial charge on any atom is 0.119 e. The van der Waals surface area contributed by atoms with Crippen LogP contribution >= 0.6 is 0 Å². The minimum Gasteiger partial charge on any atom is -0.363 e. The van der Waals surface area contributed by atoms with Crippen LogP contribution in [-0.2, 0) is 0 Å². The molecule has 1 nitrogen and oxygen atoms in total. The lowest BCUT2D eigenvalue weighted by atomic mass is 11.9. The van der Waals surface area contributed by atoms with E-state index in [0.29, 0.717) is 0 Å². The molecule has 0 aliphatic carbocycles. The largest absolute Gasteiger partial charge is 0.363 e. The molecular weight excluding hydrogens is 118 g/mol. The Kier molecular flexibility index (Phi) is 3.59. The van der Waals surface area contributed by atoms with Crippen molar-refractivity contribution in [1.29, 1.82) is 0 Å². The lowest BCUT2D eigenvalue weighted by molar-refractivity contribution is 1.44. The summed E-state index contributed by atoms with van der Waals surface area (Å²) in [5, 5.41) is 0. The molecular formula is C4H14NSi2. The molecule has 0 fully saturated rings. The van der Waals surface area contributed by atoms with Gasteiger partial charge in [-0.3, -0.25) is 0 Å². The molecule has 43 valence electrons. The van der Waals surface area contributed by atoms with Gasteiger partial charge < -0.3 is 4.65 Å². The molecule has 0 aromatic rings. The summed E-state index contributed by atoms with van der Waals surface area (Å²) in [6.45, 7) is 9.21. The van der Waals surface area contributed by atoms with Gasteiger partial charge >= 0.3 is 0 Å². The van der Waals surface area contributed by atoms with Crippen LogP contribution in [0.2, 0.25) is 26.2 Å². The average Bonchev–Trinajstić information content (AvgIpc) is 1.27. The van der Waals surface area contributed by atoms with Gasteiger partial charge in [-0.05, 0) is 0 Å². The normalized spacial score (nSPS) is 11.1. The minimum absolute atomic E-state index is 0.122. The molecule has 1 radical (unpaired) electrons. The van der Waals surface area contributed by atoms with E-state index in [0.717, 1.165) is 0 Å². The fraction of sp³-hybridized carbons (Fsp3) is 1.00. The summed E-state index contributed by atoms with van der Waals surface area (Å²) in [5.41, 5.74) is 0. The van der Waals surface area contributed by atoms with Crippen molar-refractivity contribution in [3.63, 3.8) is 0 Å². The highest BCUT2D eigenvalue weighted by Gasteiger charge is 1.96. The van der Waals surface area contributed by atoms with E-state index in [4.69, 9.17) is 0 Å². The Morgan fingerprint density at radius 2 is 1.71 bits per heavy atom. The molecule has 3 heteroatoms. The van der Waals surface area contributed by atoms with Gasteiger partial charge in [0, 0.05) is 0 Å². The zero-order valence-electron chi connectivity index (χ0n) is 5.58. The first kappa shape index (κ1) is 7.39. The molecule has 0 atom stereocenters. The Bertz CT molecular complexity index is 39.0. The smallest absolute Gasteiger partial charge is 0.119 e. The molecule has 0 unspecified atom stereocenters. The molecule has 0 bridgehead atoms. The molecule has 0 saturated heterocycles. The van der Waals surface area contributed by atoms with Gasteiger partial charge in [-0.15, -0.1) is 0 Å². The van der Waals surface area contributed by atoms with E-state index in [1.807, 2.05) is 0 Å². The second-order valence-electron chi connectivity index (χ2n) is 2.30. The SMILES string of the molecule is C[Si](C)N[SiH](C)C. The van der Waals surface area contributed by atoms with Gasteiger partial charge in [-0.1, -0.05) is 26.2 Å². The first-order valence-corrected chi connectivity index (χ1v) is 8.08. The predicted octanol–water partition coefficient (Wildman–Crippen LogP) is 0.810. The van der Waals surface area contributed by atoms with E-state index in [-0.39, 0.29) is 8.96 Å². The first-order valence-electron chi connectivity index (χ1n) is 2.69. The van der Waals surface area contributed by atoms with Crippen molar-refractivity contribution in [2.24, 2.45) is 0 Å². The molecule has 0 aliphatic rings. The number of hydrogen-bond acceptors (Lipinski definition) is 1. The minimum atomic E-state index is -0.433. The van der Waals surface area contributed by atoms with Crippen LogP contribution in [0.5, 0.6) is 0 Å². The Hall–Kier alpha value is 0.394. The van der Waals surface area contributed by atoms with Crippen molar-refractivity contribution in [1.82, 2.24) is 4.65 Å². The van der Waals surface area contributed by atoms with E-state index in [9.17, 15) is 0 Å². The average molecular weight is 132 g/mol. The zero-order chi connectivity index (χ0) is 5.86. The third-order valence-electron chi connectivity index (χ3n) is 0.577. The lowest BCUT2D eigenvalue weighted by Crippen LogP contribution is -2.36. The summed E-state index contributed by atoms with van der Waals surface area (Å²) in [5.74, 6) is 0. The molecule has 0 saturated carbocycles. The van der Waals surface area contributed by atoms with Gasteiger partial charge in [0.15, 0.2) is 0 Å². The number of rotatable bonds is 2. The van der Waals surface area contributed by atoms with Crippen LogP contribution in [0.4, 0.5) is 0 Å². The van der Waals surface area contributed by atoms with E-state index in [1.54, 1.807) is 0 Å². The van der Waals surface area contributed by atoms with Gasteiger partial charge in [0.2, 0.25) is 0 Å². The van der Waals surface area contributed by atoms with Crippen LogP contribution in [-0.4, -0.2) is 17.9 Å². The van der Waals surface area contributed by atoms with Crippen molar-refractivity contribution in [2.75, 3.05) is 0 Å². The molecule has 1 N–H and O–H groups in total. The Labute approximate surface area is 49.5 Å². The molecule has 0 amide bonds. The van der Waals surface area contributed by atoms with Gasteiger partial charge in [0.1, 0.15) is 8.96 Å². The van der Waals surface area contributed by atoms with E-state index in [1.165, 1.54) is 0 Å². The zero-order valence-corrected chi connectivity index (χ0v) is 7.73. The van der Waals surface area contributed by atoms with Crippen LogP contribution in [0.3, 0.4) is 0 Å². The first-order chi connectivity index (χ1) is 3.13. The summed E-state index contributed by atoms with van der Waals surface area (Å²) in [7, 11) is -0.556. The van der Waals surface area contributed by atoms with Crippen molar-refractivity contribution in [3.05, 3.63) is 0 Å². The topological polar surface area (TPSA) is 12.0 Å². The molecule has 0 spiro atoms. The van der Waals surface area contributed by atoms with Crippen molar-refractivity contribution in [2.45, 2.75) is 26.2 Å². The summed E-state index contributed by atoms with van der Waals surface area (Å²) < 4.78 is 3.55. The van der Waals surface area contributed by atoms with Crippen LogP contribution in [0.15, 0.2) is 0 Å². The van der Waals surface area contributed by atoms with Gasteiger partial charge in [0.25, 0.3) is 0 Å². The predicted molar refractivity (Wildman–Crippen MR) is 39.5 cm³/mol. The summed E-state index contributed by atoms with van der Waals surface area (Å²) in [6.07, 6.45) is 0. The van der Waals surface area contributed by atoms with Crippen molar-refractivity contribution >= 4 is 17.9 Å². The Morgan fingerprint density at radius 1 is 1.29 bits per heavy atom. The van der Waals surface area contributed by atoms with E-state index >= 15 is 0 Å². The Morgan fingerprint density at radius 3 is 1.71 bits per heavy atom. The van der Waals surface area contributed by atoms with Crippen LogP contribution in [0, 0.1) is 0 Å². The molecule has 0 aliphatic heterocycles. The van der Waals surface area contributed by atoms with Crippen LogP contribution in [0.25, 0.3) is 0 Å². The standard InChI is InChI=1S/C4H14NSi2/c1-6(2)5-7(3)4/h5-6H,1-4H3. The highest BCUT2D eigenvalue weighted by Crippen LogP contribution is 1.75. The molecule has 0 rings (SSSR count). The summed E-state index contributed by atoms with van der Waals surface area (Å²) >= 11 is 0. The van der Waals surface area contributed by atoms with E-state index in [2.05, 4.69) is 30.8 Å². The Balaban J connectivity index is 2.95. The number of hydrogen-bond donors (Lipinski definition) is 1. The van der Waals surface area contributed by atoms with E-state index < -0.39 is 8.96 Å². The lowest BCUT2D eigenvalue weighted by Gasteiger charge is -2.06. The second kappa shape index (κ2) is 3.40. The van der Waals surface area contributed by atoms with Gasteiger partial charge in [-0.2, -0.15) is 0 Å². The summed E-state index contributed by atoms with van der Waals surface area (Å²) in [4.78, 5) is 0. The van der Waals surface area contributed by atoms with Gasteiger partial charge in [0.05, 0.1) is 8.96 Å². The quantitative estimate of drug-likeness (QED) is 0.548. The fourth-order valence-electron chi connectivity index (χ4n) is 0.577. The third kappa shape index (κ3) is 6.39. The second-order valence-corrected chi connectivity index (χ2v) is 7.76. The highest BCUT2D eigenvalue weighted by molar-refractivity contribution is 6.70. The molecule has 0 heterocycles. The highest BCUT2D eigenvalue weighted by atomic mass is 28.3. The van der Waals surface area contributed by atoms with Gasteiger partial charge in [-0.25, -0.2) is 0 Å². The molecule has 7 heavy (non-hydrogen) atoms. The summed E-state index contributed by atoms with van der Waals surface area (Å²) in [6, 6.07) is 0. The maximum atomic E-state index is 3.55. The van der Waals surface area contributed by atoms with Crippen molar-refractivity contribution < 1.29 is 0 Å². The van der Waals surface area contributed by atoms with Crippen LogP contribution in [0.1, 0.15) is 0 Å². The molecule has 0 aromatic heterocycles. The van der Waals surface area contributed by atoms with Crippen LogP contribution < -0.4 is 4.65 Å². The third-order valence-corrected chi connectivity index (χ3v) is 5.20. The fourth-order valence-corrected chi connectivity index (χ4v) is 5.20. The molecule has 0 aromatic carbocycles.